The molecule has 146 valence electrons. The molecule has 2 heterocycles. The molecular weight excluding hydrogens is 364 g/mol. The van der Waals surface area contributed by atoms with Crippen LogP contribution in [0.1, 0.15) is 49.8 Å². The Morgan fingerprint density at radius 2 is 1.57 bits per heavy atom. The summed E-state index contributed by atoms with van der Waals surface area (Å²) in [6.45, 7) is 1.90. The Morgan fingerprint density at radius 3 is 2.11 bits per heavy atom. The van der Waals surface area contributed by atoms with Gasteiger partial charge in [0.05, 0.1) is 12.5 Å². The van der Waals surface area contributed by atoms with Crippen molar-refractivity contribution in [3.8, 4) is 0 Å². The lowest BCUT2D eigenvalue weighted by molar-refractivity contribution is -0.197. The van der Waals surface area contributed by atoms with Gasteiger partial charge in [-0.15, -0.1) is 5.06 Å². The summed E-state index contributed by atoms with van der Waals surface area (Å²) in [6, 6.07) is 6.93. The van der Waals surface area contributed by atoms with Crippen molar-refractivity contribution < 1.29 is 28.8 Å². The third-order valence-electron chi connectivity index (χ3n) is 4.72. The molecule has 8 heteroatoms. The van der Waals surface area contributed by atoms with E-state index in [9.17, 15) is 24.0 Å². The summed E-state index contributed by atoms with van der Waals surface area (Å²) in [4.78, 5) is 64.7. The lowest BCUT2D eigenvalue weighted by Gasteiger charge is -2.25. The Bertz CT molecular complexity index is 824. The first-order chi connectivity index (χ1) is 13.4. The van der Waals surface area contributed by atoms with Gasteiger partial charge in [-0.05, 0) is 24.0 Å². The molecule has 3 rings (SSSR count). The fraction of sp³-hybridized carbons (Fsp3) is 0.350. The normalized spacial score (nSPS) is 17.6. The summed E-state index contributed by atoms with van der Waals surface area (Å²) in [7, 11) is 0. The molecule has 0 aromatic heterocycles. The van der Waals surface area contributed by atoms with Gasteiger partial charge in [0.25, 0.3) is 23.6 Å². The number of hydrogen-bond donors (Lipinski definition) is 0. The molecule has 4 amide bonds. The monoisotopic (exact) mass is 384 g/mol. The molecule has 1 aromatic rings. The summed E-state index contributed by atoms with van der Waals surface area (Å²) in [5.41, 5.74) is 1.68. The Labute approximate surface area is 161 Å². The fourth-order valence-electron chi connectivity index (χ4n) is 3.24. The molecule has 1 fully saturated rings. The number of nitrogens with zero attached hydrogens (tertiary/aromatic N) is 2. The largest absolute Gasteiger partial charge is 0.333 e. The lowest BCUT2D eigenvalue weighted by Crippen LogP contribution is -2.34. The smallest absolute Gasteiger partial charge is 0.330 e. The molecule has 0 aliphatic carbocycles. The molecule has 1 unspecified atom stereocenters. The highest BCUT2D eigenvalue weighted by Crippen LogP contribution is 2.27. The van der Waals surface area contributed by atoms with Crippen LogP contribution >= 0.6 is 0 Å². The second-order valence-corrected chi connectivity index (χ2v) is 6.59. The van der Waals surface area contributed by atoms with E-state index in [4.69, 9.17) is 4.84 Å². The minimum Gasteiger partial charge on any atom is -0.330 e. The maximum Gasteiger partial charge on any atom is 0.333 e. The van der Waals surface area contributed by atoms with E-state index in [-0.39, 0.29) is 37.1 Å². The standard InChI is InChI=1S/C20H20N2O6/c1-2-15(21-16(23)8-9-17(21)24)14-6-3-13(4-7-14)5-12-20(27)28-22-18(25)10-11-19(22)26/h3-4,6-9,15H,2,5,10-12H2,1H3. The van der Waals surface area contributed by atoms with Gasteiger partial charge in [0, 0.05) is 25.0 Å². The molecule has 0 spiro atoms. The van der Waals surface area contributed by atoms with Crippen LogP contribution in [0.15, 0.2) is 36.4 Å². The molecule has 1 aromatic carbocycles. The van der Waals surface area contributed by atoms with E-state index in [1.165, 1.54) is 17.1 Å². The maximum atomic E-state index is 11.9. The average Bonchev–Trinajstić information content (AvgIpc) is 3.18. The Morgan fingerprint density at radius 1 is 1.00 bits per heavy atom. The van der Waals surface area contributed by atoms with E-state index in [1.54, 1.807) is 0 Å². The minimum atomic E-state index is -0.654. The Hall–Kier alpha value is -3.29. The predicted octanol–water partition coefficient (Wildman–Crippen LogP) is 1.60. The number of carbonyl (C=O) groups excluding carboxylic acids is 5. The van der Waals surface area contributed by atoms with Crippen molar-refractivity contribution in [2.24, 2.45) is 0 Å². The zero-order valence-electron chi connectivity index (χ0n) is 15.4. The summed E-state index contributed by atoms with van der Waals surface area (Å²) in [5, 5.41) is 0.537. The Balaban J connectivity index is 1.57. The number of amides is 4. The fourth-order valence-corrected chi connectivity index (χ4v) is 3.24. The van der Waals surface area contributed by atoms with Gasteiger partial charge < -0.3 is 4.84 Å². The van der Waals surface area contributed by atoms with E-state index in [2.05, 4.69) is 0 Å². The molecule has 8 nitrogen and oxygen atoms in total. The number of aryl methyl sites for hydroxylation is 1. The highest BCUT2D eigenvalue weighted by Gasteiger charge is 2.33. The number of hydroxylamine groups is 2. The van der Waals surface area contributed by atoms with E-state index in [1.807, 2.05) is 31.2 Å². The molecule has 1 atom stereocenters. The zero-order valence-corrected chi connectivity index (χ0v) is 15.4. The van der Waals surface area contributed by atoms with Crippen LogP contribution in [0.3, 0.4) is 0 Å². The number of rotatable bonds is 7. The van der Waals surface area contributed by atoms with Crippen molar-refractivity contribution in [3.63, 3.8) is 0 Å². The van der Waals surface area contributed by atoms with Crippen LogP contribution in [-0.2, 0) is 35.2 Å². The molecule has 0 saturated carbocycles. The Kier molecular flexibility index (Phi) is 5.67. The maximum absolute atomic E-state index is 11.9. The second-order valence-electron chi connectivity index (χ2n) is 6.59. The highest BCUT2D eigenvalue weighted by molar-refractivity contribution is 6.13. The molecular formula is C20H20N2O6. The molecule has 0 radical (unpaired) electrons. The molecule has 0 bridgehead atoms. The molecule has 2 aliphatic heterocycles. The first kappa shape index (κ1) is 19.5. The second kappa shape index (κ2) is 8.16. The third-order valence-corrected chi connectivity index (χ3v) is 4.72. The zero-order chi connectivity index (χ0) is 20.3. The summed E-state index contributed by atoms with van der Waals surface area (Å²) in [6.07, 6.45) is 3.62. The van der Waals surface area contributed by atoms with Gasteiger partial charge in [0.2, 0.25) is 0 Å². The van der Waals surface area contributed by atoms with Crippen molar-refractivity contribution in [2.45, 2.75) is 45.1 Å². The van der Waals surface area contributed by atoms with Gasteiger partial charge >= 0.3 is 5.97 Å². The quantitative estimate of drug-likeness (QED) is 0.662. The van der Waals surface area contributed by atoms with Gasteiger partial charge in [0.15, 0.2) is 0 Å². The van der Waals surface area contributed by atoms with Crippen LogP contribution in [-0.4, -0.2) is 39.6 Å². The van der Waals surface area contributed by atoms with Gasteiger partial charge in [-0.25, -0.2) is 4.79 Å². The van der Waals surface area contributed by atoms with Gasteiger partial charge in [-0.3, -0.25) is 24.1 Å². The van der Waals surface area contributed by atoms with Crippen molar-refractivity contribution in [1.29, 1.82) is 0 Å². The van der Waals surface area contributed by atoms with Crippen LogP contribution in [0.4, 0.5) is 0 Å². The minimum absolute atomic E-state index is 0.0145. The number of imide groups is 2. The van der Waals surface area contributed by atoms with Gasteiger partial charge in [-0.2, -0.15) is 0 Å². The van der Waals surface area contributed by atoms with Gasteiger partial charge in [-0.1, -0.05) is 31.2 Å². The third kappa shape index (κ3) is 4.00. The van der Waals surface area contributed by atoms with Crippen molar-refractivity contribution >= 4 is 29.6 Å². The SMILES string of the molecule is CCC(c1ccc(CCC(=O)ON2C(=O)CCC2=O)cc1)N1C(=O)C=CC1=O. The number of carbonyl (C=O) groups is 5. The van der Waals surface area contributed by atoms with E-state index < -0.39 is 17.8 Å². The summed E-state index contributed by atoms with van der Waals surface area (Å²) >= 11 is 0. The number of hydrogen-bond acceptors (Lipinski definition) is 6. The number of benzene rings is 1. The highest BCUT2D eigenvalue weighted by atomic mass is 16.7. The molecule has 0 N–H and O–H groups in total. The van der Waals surface area contributed by atoms with Crippen LogP contribution < -0.4 is 0 Å². The molecule has 2 aliphatic rings. The van der Waals surface area contributed by atoms with Crippen molar-refractivity contribution in [1.82, 2.24) is 9.96 Å². The van der Waals surface area contributed by atoms with E-state index in [0.717, 1.165) is 11.1 Å². The predicted molar refractivity (Wildman–Crippen MR) is 96.0 cm³/mol. The van der Waals surface area contributed by atoms with Crippen LogP contribution in [0.25, 0.3) is 0 Å². The van der Waals surface area contributed by atoms with Crippen LogP contribution in [0.5, 0.6) is 0 Å². The lowest BCUT2D eigenvalue weighted by atomic mass is 10.00. The first-order valence-electron chi connectivity index (χ1n) is 9.11. The van der Waals surface area contributed by atoms with Crippen molar-refractivity contribution in [3.05, 3.63) is 47.5 Å². The van der Waals surface area contributed by atoms with Gasteiger partial charge in [0.1, 0.15) is 0 Å². The average molecular weight is 384 g/mol. The summed E-state index contributed by atoms with van der Waals surface area (Å²) < 4.78 is 0. The topological polar surface area (TPSA) is 101 Å². The van der Waals surface area contributed by atoms with Crippen molar-refractivity contribution in [2.75, 3.05) is 0 Å². The van der Waals surface area contributed by atoms with Crippen LogP contribution in [0.2, 0.25) is 0 Å². The van der Waals surface area contributed by atoms with Crippen LogP contribution in [0, 0.1) is 0 Å². The first-order valence-corrected chi connectivity index (χ1v) is 9.11. The van der Waals surface area contributed by atoms with E-state index in [0.29, 0.717) is 17.9 Å². The summed E-state index contributed by atoms with van der Waals surface area (Å²) in [5.74, 6) is -2.31. The molecule has 1 saturated heterocycles. The molecule has 28 heavy (non-hydrogen) atoms. The van der Waals surface area contributed by atoms with E-state index >= 15 is 0 Å².